The molecular weight excluding hydrogens is 200 g/mol. The third-order valence-corrected chi connectivity index (χ3v) is 2.29. The van der Waals surface area contributed by atoms with Crippen molar-refractivity contribution >= 4 is 0 Å². The van der Waals surface area contributed by atoms with E-state index in [1.165, 1.54) is 0 Å². The van der Waals surface area contributed by atoms with Crippen molar-refractivity contribution < 1.29 is 0 Å². The van der Waals surface area contributed by atoms with Gasteiger partial charge in [-0.3, -0.25) is 0 Å². The maximum atomic E-state index is 6.08. The largest absolute Gasteiger partial charge is 0.319 e. The minimum Gasteiger partial charge on any atom is -0.319 e. The zero-order valence-electron chi connectivity index (χ0n) is 9.81. The van der Waals surface area contributed by atoms with E-state index in [-0.39, 0.29) is 0 Å². The van der Waals surface area contributed by atoms with E-state index < -0.39 is 5.54 Å². The molecule has 2 rings (SSSR count). The van der Waals surface area contributed by atoms with Crippen LogP contribution in [0.3, 0.4) is 0 Å². The zero-order valence-corrected chi connectivity index (χ0v) is 9.81. The molecule has 1 aromatic carbocycles. The molecule has 2 aromatic rings. The van der Waals surface area contributed by atoms with E-state index in [2.05, 4.69) is 10.1 Å². The Labute approximate surface area is 95.1 Å². The lowest BCUT2D eigenvalue weighted by atomic mass is 10.1. The van der Waals surface area contributed by atoms with E-state index in [4.69, 9.17) is 5.73 Å². The van der Waals surface area contributed by atoms with Crippen molar-refractivity contribution in [1.29, 1.82) is 0 Å². The van der Waals surface area contributed by atoms with Gasteiger partial charge in [-0.05, 0) is 32.9 Å². The molecule has 0 saturated heterocycles. The standard InChI is InChI=1S/C12H16N4/c1-9-14-11(12(2,3)13)16(15-9)10-7-5-4-6-8-10/h4-8H,13H2,1-3H3. The van der Waals surface area contributed by atoms with Crippen LogP contribution in [0, 0.1) is 6.92 Å². The van der Waals surface area contributed by atoms with Crippen LogP contribution in [-0.4, -0.2) is 14.8 Å². The van der Waals surface area contributed by atoms with E-state index in [1.54, 1.807) is 4.68 Å². The summed E-state index contributed by atoms with van der Waals surface area (Å²) in [6.45, 7) is 5.72. The molecule has 4 nitrogen and oxygen atoms in total. The molecule has 2 N–H and O–H groups in total. The van der Waals surface area contributed by atoms with E-state index >= 15 is 0 Å². The molecule has 0 aliphatic rings. The number of rotatable bonds is 2. The molecule has 0 spiro atoms. The van der Waals surface area contributed by atoms with Gasteiger partial charge in [0.15, 0.2) is 5.82 Å². The fourth-order valence-electron chi connectivity index (χ4n) is 1.58. The molecule has 0 aliphatic carbocycles. The molecule has 16 heavy (non-hydrogen) atoms. The monoisotopic (exact) mass is 216 g/mol. The van der Waals surface area contributed by atoms with Gasteiger partial charge < -0.3 is 5.73 Å². The zero-order chi connectivity index (χ0) is 11.8. The van der Waals surface area contributed by atoms with E-state index in [9.17, 15) is 0 Å². The molecule has 0 amide bonds. The molecule has 0 fully saturated rings. The first-order valence-corrected chi connectivity index (χ1v) is 5.27. The molecular formula is C12H16N4. The Morgan fingerprint density at radius 1 is 1.19 bits per heavy atom. The topological polar surface area (TPSA) is 56.7 Å². The summed E-state index contributed by atoms with van der Waals surface area (Å²) in [6.07, 6.45) is 0. The number of aromatic nitrogens is 3. The van der Waals surface area contributed by atoms with Gasteiger partial charge in [-0.1, -0.05) is 18.2 Å². The van der Waals surface area contributed by atoms with E-state index in [1.807, 2.05) is 51.1 Å². The van der Waals surface area contributed by atoms with Gasteiger partial charge in [-0.25, -0.2) is 9.67 Å². The van der Waals surface area contributed by atoms with Crippen LogP contribution in [0.4, 0.5) is 0 Å². The number of nitrogens with zero attached hydrogens (tertiary/aromatic N) is 3. The van der Waals surface area contributed by atoms with Crippen LogP contribution in [0.5, 0.6) is 0 Å². The molecule has 1 aromatic heterocycles. The molecule has 0 bridgehead atoms. The summed E-state index contributed by atoms with van der Waals surface area (Å²) in [5, 5.41) is 4.37. The number of hydrogen-bond acceptors (Lipinski definition) is 3. The van der Waals surface area contributed by atoms with Crippen molar-refractivity contribution in [3.8, 4) is 5.69 Å². The van der Waals surface area contributed by atoms with Crippen LogP contribution in [0.25, 0.3) is 5.69 Å². The van der Waals surface area contributed by atoms with Gasteiger partial charge in [0.05, 0.1) is 11.2 Å². The average molecular weight is 216 g/mol. The highest BCUT2D eigenvalue weighted by Crippen LogP contribution is 2.18. The van der Waals surface area contributed by atoms with Crippen LogP contribution >= 0.6 is 0 Å². The molecule has 84 valence electrons. The summed E-state index contributed by atoms with van der Waals surface area (Å²) in [6, 6.07) is 9.90. The summed E-state index contributed by atoms with van der Waals surface area (Å²) < 4.78 is 1.80. The van der Waals surface area contributed by atoms with Crippen LogP contribution in [-0.2, 0) is 5.54 Å². The first kappa shape index (κ1) is 10.8. The highest BCUT2D eigenvalue weighted by Gasteiger charge is 2.23. The second-order valence-electron chi connectivity index (χ2n) is 4.45. The summed E-state index contributed by atoms with van der Waals surface area (Å²) >= 11 is 0. The number of aryl methyl sites for hydroxylation is 1. The van der Waals surface area contributed by atoms with Crippen molar-refractivity contribution in [1.82, 2.24) is 14.8 Å². The lowest BCUT2D eigenvalue weighted by molar-refractivity contribution is 0.497. The predicted molar refractivity (Wildman–Crippen MR) is 63.3 cm³/mol. The van der Waals surface area contributed by atoms with Gasteiger partial charge in [0, 0.05) is 0 Å². The van der Waals surface area contributed by atoms with Gasteiger partial charge in [-0.2, -0.15) is 5.10 Å². The van der Waals surface area contributed by atoms with Crippen LogP contribution in [0.1, 0.15) is 25.5 Å². The van der Waals surface area contributed by atoms with Gasteiger partial charge in [-0.15, -0.1) is 0 Å². The van der Waals surface area contributed by atoms with Crippen molar-refractivity contribution in [3.63, 3.8) is 0 Å². The normalized spacial score (nSPS) is 11.8. The van der Waals surface area contributed by atoms with E-state index in [0.717, 1.165) is 17.3 Å². The third kappa shape index (κ3) is 1.97. The Morgan fingerprint density at radius 3 is 2.38 bits per heavy atom. The molecule has 4 heteroatoms. The second kappa shape index (κ2) is 3.72. The fourth-order valence-corrected chi connectivity index (χ4v) is 1.58. The smallest absolute Gasteiger partial charge is 0.152 e. The highest BCUT2D eigenvalue weighted by atomic mass is 15.4. The highest BCUT2D eigenvalue weighted by molar-refractivity contribution is 5.32. The summed E-state index contributed by atoms with van der Waals surface area (Å²) in [4.78, 5) is 4.39. The molecule has 0 aliphatic heterocycles. The summed E-state index contributed by atoms with van der Waals surface area (Å²) in [5.74, 6) is 1.51. The number of hydrogen-bond donors (Lipinski definition) is 1. The Kier molecular flexibility index (Phi) is 2.52. The average Bonchev–Trinajstić information content (AvgIpc) is 2.61. The number of para-hydroxylation sites is 1. The minimum atomic E-state index is -0.503. The summed E-state index contributed by atoms with van der Waals surface area (Å²) in [7, 11) is 0. The first-order valence-electron chi connectivity index (χ1n) is 5.27. The van der Waals surface area contributed by atoms with Gasteiger partial charge in [0.1, 0.15) is 5.82 Å². The van der Waals surface area contributed by atoms with Gasteiger partial charge in [0.2, 0.25) is 0 Å². The lowest BCUT2D eigenvalue weighted by Crippen LogP contribution is -2.32. The Balaban J connectivity index is 2.58. The van der Waals surface area contributed by atoms with Crippen molar-refractivity contribution in [3.05, 3.63) is 42.0 Å². The fraction of sp³-hybridized carbons (Fsp3) is 0.333. The predicted octanol–water partition coefficient (Wildman–Crippen LogP) is 1.77. The van der Waals surface area contributed by atoms with Crippen molar-refractivity contribution in [2.75, 3.05) is 0 Å². The third-order valence-electron chi connectivity index (χ3n) is 2.29. The summed E-state index contributed by atoms with van der Waals surface area (Å²) in [5.41, 5.74) is 6.57. The van der Waals surface area contributed by atoms with Gasteiger partial charge >= 0.3 is 0 Å². The number of nitrogens with two attached hydrogens (primary N) is 1. The molecule has 1 heterocycles. The lowest BCUT2D eigenvalue weighted by Gasteiger charge is -2.18. The number of benzene rings is 1. The van der Waals surface area contributed by atoms with Crippen LogP contribution in [0.15, 0.2) is 30.3 Å². The van der Waals surface area contributed by atoms with Crippen LogP contribution in [0.2, 0.25) is 0 Å². The minimum absolute atomic E-state index is 0.503. The van der Waals surface area contributed by atoms with Crippen LogP contribution < -0.4 is 5.73 Å². The second-order valence-corrected chi connectivity index (χ2v) is 4.45. The maximum Gasteiger partial charge on any atom is 0.152 e. The quantitative estimate of drug-likeness (QED) is 0.832. The Hall–Kier alpha value is -1.68. The molecule has 0 unspecified atom stereocenters. The maximum absolute atomic E-state index is 6.08. The molecule has 0 radical (unpaired) electrons. The SMILES string of the molecule is Cc1nc(C(C)(C)N)n(-c2ccccc2)n1. The molecule has 0 atom stereocenters. The van der Waals surface area contributed by atoms with E-state index in [0.29, 0.717) is 0 Å². The Morgan fingerprint density at radius 2 is 1.81 bits per heavy atom. The Bertz CT molecular complexity index is 479. The molecule has 0 saturated carbocycles. The van der Waals surface area contributed by atoms with Crippen molar-refractivity contribution in [2.24, 2.45) is 5.73 Å². The van der Waals surface area contributed by atoms with Gasteiger partial charge in [0.25, 0.3) is 0 Å². The van der Waals surface area contributed by atoms with Crippen molar-refractivity contribution in [2.45, 2.75) is 26.3 Å². The first-order chi connectivity index (χ1) is 7.48.